The standard InChI is InChI=1S/C25H47NO7/c1-22(13-9-5-2-3-8-12-16-24(28)29)14-10-6-4-7-11-15-23(27)26-17-18-32-19-20-33-21-25(30)31/h22H,2-21H2,1H3,(H,26,27)(H,28,29)(H,30,31). The maximum absolute atomic E-state index is 11.8. The Morgan fingerprint density at radius 1 is 0.667 bits per heavy atom. The predicted octanol–water partition coefficient (Wildman–Crippen LogP) is 4.79. The van der Waals surface area contributed by atoms with E-state index >= 15 is 0 Å². The molecule has 8 heteroatoms. The van der Waals surface area contributed by atoms with Gasteiger partial charge in [-0.3, -0.25) is 9.59 Å². The van der Waals surface area contributed by atoms with Gasteiger partial charge in [-0.05, 0) is 18.8 Å². The first-order chi connectivity index (χ1) is 15.9. The van der Waals surface area contributed by atoms with Gasteiger partial charge in [0, 0.05) is 19.4 Å². The van der Waals surface area contributed by atoms with Crippen molar-refractivity contribution in [2.45, 2.75) is 103 Å². The largest absolute Gasteiger partial charge is 0.481 e. The highest BCUT2D eigenvalue weighted by atomic mass is 16.5. The number of unbranched alkanes of at least 4 members (excludes halogenated alkanes) is 9. The number of nitrogens with one attached hydrogen (secondary N) is 1. The third kappa shape index (κ3) is 26.5. The van der Waals surface area contributed by atoms with E-state index in [9.17, 15) is 14.4 Å². The van der Waals surface area contributed by atoms with E-state index in [0.717, 1.165) is 38.0 Å². The summed E-state index contributed by atoms with van der Waals surface area (Å²) >= 11 is 0. The minimum absolute atomic E-state index is 0.0521. The molecule has 8 nitrogen and oxygen atoms in total. The van der Waals surface area contributed by atoms with Crippen LogP contribution in [0.2, 0.25) is 0 Å². The molecule has 0 aromatic carbocycles. The molecule has 0 rings (SSSR count). The monoisotopic (exact) mass is 473 g/mol. The van der Waals surface area contributed by atoms with Gasteiger partial charge in [0.2, 0.25) is 5.91 Å². The van der Waals surface area contributed by atoms with Crippen molar-refractivity contribution in [3.63, 3.8) is 0 Å². The number of rotatable bonds is 25. The van der Waals surface area contributed by atoms with Crippen molar-refractivity contribution in [3.05, 3.63) is 0 Å². The quantitative estimate of drug-likeness (QED) is 0.163. The van der Waals surface area contributed by atoms with Crippen LogP contribution in [0.3, 0.4) is 0 Å². The van der Waals surface area contributed by atoms with Crippen LogP contribution in [0.25, 0.3) is 0 Å². The van der Waals surface area contributed by atoms with Crippen LogP contribution in [0.4, 0.5) is 0 Å². The van der Waals surface area contributed by atoms with Gasteiger partial charge in [0.05, 0.1) is 19.8 Å². The first-order valence-corrected chi connectivity index (χ1v) is 12.8. The first kappa shape index (κ1) is 31.3. The lowest BCUT2D eigenvalue weighted by atomic mass is 9.96. The average molecular weight is 474 g/mol. The molecule has 0 saturated heterocycles. The van der Waals surface area contributed by atoms with E-state index in [2.05, 4.69) is 12.2 Å². The molecule has 33 heavy (non-hydrogen) atoms. The Balaban J connectivity index is 3.30. The summed E-state index contributed by atoms with van der Waals surface area (Å²) in [5, 5.41) is 19.9. The van der Waals surface area contributed by atoms with Crippen molar-refractivity contribution < 1.29 is 34.1 Å². The molecular weight excluding hydrogens is 426 g/mol. The second-order valence-corrected chi connectivity index (χ2v) is 8.87. The summed E-state index contributed by atoms with van der Waals surface area (Å²) < 4.78 is 10.1. The van der Waals surface area contributed by atoms with Crippen LogP contribution in [-0.2, 0) is 23.9 Å². The number of amides is 1. The SMILES string of the molecule is CC(CCCCCCCCC(=O)O)CCCCCCCC(=O)NCCOCCOCC(=O)O. The summed E-state index contributed by atoms with van der Waals surface area (Å²) in [5.74, 6) is -0.861. The number of hydrogen-bond donors (Lipinski definition) is 3. The van der Waals surface area contributed by atoms with E-state index in [1.807, 2.05) is 0 Å². The fourth-order valence-electron chi connectivity index (χ4n) is 3.66. The van der Waals surface area contributed by atoms with Crippen LogP contribution in [0.1, 0.15) is 103 Å². The van der Waals surface area contributed by atoms with Crippen molar-refractivity contribution >= 4 is 17.8 Å². The van der Waals surface area contributed by atoms with Gasteiger partial charge < -0.3 is 25.0 Å². The number of aliphatic carboxylic acids is 2. The summed E-state index contributed by atoms with van der Waals surface area (Å²) in [4.78, 5) is 32.5. The average Bonchev–Trinajstić information content (AvgIpc) is 2.76. The third-order valence-electron chi connectivity index (χ3n) is 5.60. The molecule has 0 saturated carbocycles. The van der Waals surface area contributed by atoms with Crippen molar-refractivity contribution in [1.82, 2.24) is 5.32 Å². The number of ether oxygens (including phenoxy) is 2. The summed E-state index contributed by atoms with van der Waals surface area (Å²) in [7, 11) is 0. The maximum Gasteiger partial charge on any atom is 0.329 e. The zero-order valence-electron chi connectivity index (χ0n) is 20.7. The van der Waals surface area contributed by atoms with Gasteiger partial charge in [0.25, 0.3) is 0 Å². The van der Waals surface area contributed by atoms with Crippen LogP contribution >= 0.6 is 0 Å². The molecule has 0 aliphatic rings. The summed E-state index contributed by atoms with van der Waals surface area (Å²) in [6.45, 7) is 3.42. The minimum atomic E-state index is -0.997. The molecule has 0 aliphatic heterocycles. The van der Waals surface area contributed by atoms with E-state index in [1.165, 1.54) is 51.4 Å². The van der Waals surface area contributed by atoms with Crippen molar-refractivity contribution in [1.29, 1.82) is 0 Å². The zero-order valence-corrected chi connectivity index (χ0v) is 20.7. The van der Waals surface area contributed by atoms with Crippen LogP contribution in [0.5, 0.6) is 0 Å². The molecule has 0 aromatic rings. The molecule has 0 aromatic heterocycles. The fourth-order valence-corrected chi connectivity index (χ4v) is 3.66. The van der Waals surface area contributed by atoms with Crippen LogP contribution in [0.15, 0.2) is 0 Å². The van der Waals surface area contributed by atoms with E-state index in [4.69, 9.17) is 19.7 Å². The number of carboxylic acids is 2. The van der Waals surface area contributed by atoms with Gasteiger partial charge in [-0.25, -0.2) is 4.79 Å². The number of hydrogen-bond acceptors (Lipinski definition) is 5. The normalized spacial score (nSPS) is 11.9. The van der Waals surface area contributed by atoms with Crippen LogP contribution < -0.4 is 5.32 Å². The summed E-state index contributed by atoms with van der Waals surface area (Å²) in [5.41, 5.74) is 0. The topological polar surface area (TPSA) is 122 Å². The number of carbonyl (C=O) groups is 3. The van der Waals surface area contributed by atoms with E-state index in [1.54, 1.807) is 0 Å². The first-order valence-electron chi connectivity index (χ1n) is 12.8. The van der Waals surface area contributed by atoms with E-state index in [0.29, 0.717) is 32.6 Å². The zero-order chi connectivity index (χ0) is 24.6. The third-order valence-corrected chi connectivity index (χ3v) is 5.60. The highest BCUT2D eigenvalue weighted by Crippen LogP contribution is 2.18. The molecule has 0 radical (unpaired) electrons. The highest BCUT2D eigenvalue weighted by Gasteiger charge is 2.04. The van der Waals surface area contributed by atoms with E-state index < -0.39 is 11.9 Å². The van der Waals surface area contributed by atoms with Gasteiger partial charge in [-0.1, -0.05) is 77.6 Å². The molecule has 0 fully saturated rings. The second kappa shape index (κ2) is 23.5. The minimum Gasteiger partial charge on any atom is -0.481 e. The Kier molecular flexibility index (Phi) is 22.3. The number of carbonyl (C=O) groups excluding carboxylic acids is 1. The molecule has 1 atom stereocenters. The summed E-state index contributed by atoms with van der Waals surface area (Å²) in [6.07, 6.45) is 15.8. The van der Waals surface area contributed by atoms with Crippen molar-refractivity contribution in [3.8, 4) is 0 Å². The molecule has 0 spiro atoms. The lowest BCUT2D eigenvalue weighted by Crippen LogP contribution is -2.27. The Morgan fingerprint density at radius 2 is 1.18 bits per heavy atom. The molecule has 0 heterocycles. The van der Waals surface area contributed by atoms with Gasteiger partial charge >= 0.3 is 11.9 Å². The van der Waals surface area contributed by atoms with Gasteiger partial charge in [-0.2, -0.15) is 0 Å². The molecule has 0 aliphatic carbocycles. The molecule has 1 unspecified atom stereocenters. The lowest BCUT2D eigenvalue weighted by molar-refractivity contribution is -0.142. The highest BCUT2D eigenvalue weighted by molar-refractivity contribution is 5.75. The van der Waals surface area contributed by atoms with Gasteiger partial charge in [-0.15, -0.1) is 0 Å². The number of carboxylic acid groups (broad SMARTS) is 2. The van der Waals surface area contributed by atoms with Crippen LogP contribution in [0, 0.1) is 5.92 Å². The van der Waals surface area contributed by atoms with Crippen molar-refractivity contribution in [2.75, 3.05) is 33.0 Å². The molecule has 194 valence electrons. The second-order valence-electron chi connectivity index (χ2n) is 8.87. The van der Waals surface area contributed by atoms with Gasteiger partial charge in [0.15, 0.2) is 0 Å². The Bertz CT molecular complexity index is 499. The Morgan fingerprint density at radius 3 is 1.76 bits per heavy atom. The fraction of sp³-hybridized carbons (Fsp3) is 0.880. The smallest absolute Gasteiger partial charge is 0.329 e. The maximum atomic E-state index is 11.8. The van der Waals surface area contributed by atoms with Gasteiger partial charge in [0.1, 0.15) is 6.61 Å². The molecule has 1 amide bonds. The van der Waals surface area contributed by atoms with E-state index in [-0.39, 0.29) is 19.1 Å². The summed E-state index contributed by atoms with van der Waals surface area (Å²) in [6, 6.07) is 0. The molecular formula is C25H47NO7. The van der Waals surface area contributed by atoms with Crippen LogP contribution in [-0.4, -0.2) is 61.0 Å². The predicted molar refractivity (Wildman–Crippen MR) is 128 cm³/mol. The Hall–Kier alpha value is -1.67. The van der Waals surface area contributed by atoms with Crippen molar-refractivity contribution in [2.24, 2.45) is 5.92 Å². The Labute approximate surface area is 199 Å². The molecule has 3 N–H and O–H groups in total. The lowest BCUT2D eigenvalue weighted by Gasteiger charge is -2.11. The molecule has 0 bridgehead atoms.